The van der Waals surface area contributed by atoms with Crippen molar-refractivity contribution in [2.75, 3.05) is 25.0 Å². The highest BCUT2D eigenvalue weighted by Crippen LogP contribution is 2.29. The average molecular weight is 433 g/mol. The van der Waals surface area contributed by atoms with Gasteiger partial charge in [0.2, 0.25) is 0 Å². The summed E-state index contributed by atoms with van der Waals surface area (Å²) < 4.78 is 5.59. The number of aliphatic hydroxyl groups is 1. The standard InChI is InChI=1S/C26H32N4O2/c1-3-32-25-9-6-20(15-22(25)18-31)17-30-13-10-21(11-14-30)24-8-7-23(16-28-24)29-26-19(2)5-4-12-27-26/h4-9,12,15-16,21,31H,3,10-11,13-14,17-18H2,1-2H3,(H,27,29). The van der Waals surface area contributed by atoms with Gasteiger partial charge in [0.15, 0.2) is 0 Å². The third kappa shape index (κ3) is 5.44. The topological polar surface area (TPSA) is 70.5 Å². The van der Waals surface area contributed by atoms with Crippen LogP contribution in [0.5, 0.6) is 5.75 Å². The van der Waals surface area contributed by atoms with E-state index in [-0.39, 0.29) is 6.61 Å². The number of pyridine rings is 2. The van der Waals surface area contributed by atoms with Crippen molar-refractivity contribution in [3.8, 4) is 5.75 Å². The Hall–Kier alpha value is -2.96. The smallest absolute Gasteiger partial charge is 0.133 e. The van der Waals surface area contributed by atoms with E-state index in [1.807, 2.05) is 38.2 Å². The molecule has 0 amide bonds. The molecule has 0 radical (unpaired) electrons. The maximum absolute atomic E-state index is 9.64. The highest BCUT2D eigenvalue weighted by molar-refractivity contribution is 5.57. The first-order valence-electron chi connectivity index (χ1n) is 11.4. The van der Waals surface area contributed by atoms with E-state index in [9.17, 15) is 5.11 Å². The zero-order chi connectivity index (χ0) is 22.3. The lowest BCUT2D eigenvalue weighted by atomic mass is 9.92. The number of anilines is 2. The first-order chi connectivity index (χ1) is 15.7. The van der Waals surface area contributed by atoms with Crippen LogP contribution < -0.4 is 10.1 Å². The van der Waals surface area contributed by atoms with E-state index in [0.717, 1.165) is 66.6 Å². The zero-order valence-electron chi connectivity index (χ0n) is 18.9. The predicted molar refractivity (Wildman–Crippen MR) is 127 cm³/mol. The van der Waals surface area contributed by atoms with Gasteiger partial charge in [-0.05, 0) is 81.2 Å². The number of hydrogen-bond donors (Lipinski definition) is 2. The average Bonchev–Trinajstić information content (AvgIpc) is 2.83. The van der Waals surface area contributed by atoms with E-state index in [4.69, 9.17) is 9.72 Å². The van der Waals surface area contributed by atoms with Crippen LogP contribution in [0.15, 0.2) is 54.9 Å². The van der Waals surface area contributed by atoms with Crippen molar-refractivity contribution < 1.29 is 9.84 Å². The number of benzene rings is 1. The van der Waals surface area contributed by atoms with E-state index in [2.05, 4.69) is 39.5 Å². The van der Waals surface area contributed by atoms with Gasteiger partial charge in [0, 0.05) is 29.9 Å². The number of rotatable bonds is 8. The second-order valence-corrected chi connectivity index (χ2v) is 8.35. The zero-order valence-corrected chi connectivity index (χ0v) is 18.9. The van der Waals surface area contributed by atoms with E-state index < -0.39 is 0 Å². The third-order valence-electron chi connectivity index (χ3n) is 6.07. The molecule has 32 heavy (non-hydrogen) atoms. The molecular weight excluding hydrogens is 400 g/mol. The number of ether oxygens (including phenoxy) is 1. The number of likely N-dealkylation sites (tertiary alicyclic amines) is 1. The van der Waals surface area contributed by atoms with Crippen LogP contribution in [-0.2, 0) is 13.2 Å². The van der Waals surface area contributed by atoms with Crippen molar-refractivity contribution in [2.45, 2.75) is 45.8 Å². The van der Waals surface area contributed by atoms with Crippen molar-refractivity contribution >= 4 is 11.5 Å². The Bertz CT molecular complexity index is 1010. The Morgan fingerprint density at radius 1 is 1.12 bits per heavy atom. The molecule has 0 unspecified atom stereocenters. The van der Waals surface area contributed by atoms with Crippen LogP contribution in [-0.4, -0.2) is 39.7 Å². The summed E-state index contributed by atoms with van der Waals surface area (Å²) >= 11 is 0. The van der Waals surface area contributed by atoms with E-state index in [1.165, 1.54) is 5.56 Å². The number of aryl methyl sites for hydroxylation is 1. The van der Waals surface area contributed by atoms with Gasteiger partial charge in [0.25, 0.3) is 0 Å². The molecule has 1 saturated heterocycles. The fourth-order valence-corrected chi connectivity index (χ4v) is 4.27. The van der Waals surface area contributed by atoms with Gasteiger partial charge < -0.3 is 15.2 Å². The monoisotopic (exact) mass is 432 g/mol. The number of aliphatic hydroxyl groups excluding tert-OH is 1. The van der Waals surface area contributed by atoms with Gasteiger partial charge in [-0.2, -0.15) is 0 Å². The third-order valence-corrected chi connectivity index (χ3v) is 6.07. The fraction of sp³-hybridized carbons (Fsp3) is 0.385. The van der Waals surface area contributed by atoms with Gasteiger partial charge in [0.1, 0.15) is 11.6 Å². The molecule has 168 valence electrons. The summed E-state index contributed by atoms with van der Waals surface area (Å²) in [5.74, 6) is 2.14. The molecule has 6 heteroatoms. The molecule has 6 nitrogen and oxygen atoms in total. The molecular formula is C26H32N4O2. The van der Waals surface area contributed by atoms with Crippen LogP contribution in [0.25, 0.3) is 0 Å². The van der Waals surface area contributed by atoms with E-state index in [1.54, 1.807) is 6.20 Å². The second-order valence-electron chi connectivity index (χ2n) is 8.35. The first-order valence-corrected chi connectivity index (χ1v) is 11.4. The second kappa shape index (κ2) is 10.6. The fourth-order valence-electron chi connectivity index (χ4n) is 4.27. The van der Waals surface area contributed by atoms with E-state index in [0.29, 0.717) is 12.5 Å². The Morgan fingerprint density at radius 2 is 1.97 bits per heavy atom. The van der Waals surface area contributed by atoms with Crippen LogP contribution in [0, 0.1) is 6.92 Å². The van der Waals surface area contributed by atoms with Gasteiger partial charge in [-0.3, -0.25) is 9.88 Å². The summed E-state index contributed by atoms with van der Waals surface area (Å²) in [4.78, 5) is 11.6. The predicted octanol–water partition coefficient (Wildman–Crippen LogP) is 4.80. The maximum Gasteiger partial charge on any atom is 0.133 e. The van der Waals surface area contributed by atoms with Crippen molar-refractivity contribution in [3.63, 3.8) is 0 Å². The maximum atomic E-state index is 9.64. The van der Waals surface area contributed by atoms with Crippen LogP contribution in [0.2, 0.25) is 0 Å². The summed E-state index contributed by atoms with van der Waals surface area (Å²) in [6, 6.07) is 14.4. The molecule has 3 heterocycles. The molecule has 0 bridgehead atoms. The molecule has 2 aromatic heterocycles. The molecule has 1 aliphatic rings. The lowest BCUT2D eigenvalue weighted by Gasteiger charge is -2.32. The number of nitrogens with one attached hydrogen (secondary N) is 1. The van der Waals surface area contributed by atoms with E-state index >= 15 is 0 Å². The minimum atomic E-state index is 0.00166. The first kappa shape index (κ1) is 22.2. The Labute approximate surface area is 190 Å². The number of piperidine rings is 1. The van der Waals surface area contributed by atoms with Crippen LogP contribution in [0.4, 0.5) is 11.5 Å². The minimum Gasteiger partial charge on any atom is -0.494 e. The molecule has 1 aliphatic heterocycles. The van der Waals surface area contributed by atoms with Crippen molar-refractivity contribution in [1.29, 1.82) is 0 Å². The quantitative estimate of drug-likeness (QED) is 0.533. The van der Waals surface area contributed by atoms with Crippen molar-refractivity contribution in [1.82, 2.24) is 14.9 Å². The largest absolute Gasteiger partial charge is 0.494 e. The molecule has 2 N–H and O–H groups in total. The Kier molecular flexibility index (Phi) is 7.35. The Balaban J connectivity index is 1.31. The Morgan fingerprint density at radius 3 is 2.66 bits per heavy atom. The molecule has 0 spiro atoms. The molecule has 4 rings (SSSR count). The van der Waals surface area contributed by atoms with Crippen molar-refractivity contribution in [2.24, 2.45) is 0 Å². The van der Waals surface area contributed by atoms with Gasteiger partial charge in [-0.1, -0.05) is 12.1 Å². The summed E-state index contributed by atoms with van der Waals surface area (Å²) in [6.07, 6.45) is 5.90. The normalized spacial score (nSPS) is 15.0. The summed E-state index contributed by atoms with van der Waals surface area (Å²) in [5.41, 5.74) is 5.31. The van der Waals surface area contributed by atoms with Crippen molar-refractivity contribution in [3.05, 3.63) is 77.2 Å². The highest BCUT2D eigenvalue weighted by atomic mass is 16.5. The van der Waals surface area contributed by atoms with Gasteiger partial charge in [-0.25, -0.2) is 4.98 Å². The number of hydrogen-bond acceptors (Lipinski definition) is 6. The minimum absolute atomic E-state index is 0.00166. The van der Waals surface area contributed by atoms with Gasteiger partial charge >= 0.3 is 0 Å². The lowest BCUT2D eigenvalue weighted by molar-refractivity contribution is 0.203. The number of aromatic nitrogens is 2. The van der Waals surface area contributed by atoms with Crippen LogP contribution in [0.3, 0.4) is 0 Å². The van der Waals surface area contributed by atoms with Crippen LogP contribution in [0.1, 0.15) is 48.1 Å². The molecule has 1 aromatic carbocycles. The summed E-state index contributed by atoms with van der Waals surface area (Å²) in [7, 11) is 0. The van der Waals surface area contributed by atoms with Gasteiger partial charge in [0.05, 0.1) is 25.1 Å². The van der Waals surface area contributed by atoms with Crippen LogP contribution >= 0.6 is 0 Å². The lowest BCUT2D eigenvalue weighted by Crippen LogP contribution is -2.32. The number of nitrogens with zero attached hydrogens (tertiary/aromatic N) is 3. The SMILES string of the molecule is CCOc1ccc(CN2CCC(c3ccc(Nc4ncccc4C)cn3)CC2)cc1CO. The molecule has 1 fully saturated rings. The summed E-state index contributed by atoms with van der Waals surface area (Å²) in [6.45, 7) is 7.59. The molecule has 0 atom stereocenters. The molecule has 0 saturated carbocycles. The molecule has 0 aliphatic carbocycles. The molecule has 3 aromatic rings. The van der Waals surface area contributed by atoms with Gasteiger partial charge in [-0.15, -0.1) is 0 Å². The summed E-state index contributed by atoms with van der Waals surface area (Å²) in [5, 5.41) is 13.0. The highest BCUT2D eigenvalue weighted by Gasteiger charge is 2.22.